The molecule has 0 bridgehead atoms. The number of aryl methyl sites for hydroxylation is 1. The van der Waals surface area contributed by atoms with E-state index in [1.165, 1.54) is 11.3 Å². The van der Waals surface area contributed by atoms with Crippen LogP contribution in [0, 0.1) is 6.92 Å². The van der Waals surface area contributed by atoms with Crippen LogP contribution in [0.2, 0.25) is 0 Å². The zero-order chi connectivity index (χ0) is 12.6. The van der Waals surface area contributed by atoms with Gasteiger partial charge < -0.3 is 5.73 Å². The molecule has 0 atom stereocenters. The van der Waals surface area contributed by atoms with Gasteiger partial charge in [-0.2, -0.15) is 13.2 Å². The van der Waals surface area contributed by atoms with Gasteiger partial charge in [-0.1, -0.05) is 0 Å². The summed E-state index contributed by atoms with van der Waals surface area (Å²) in [5.74, 6) is 0. The van der Waals surface area contributed by atoms with Gasteiger partial charge in [0.1, 0.15) is 0 Å². The standard InChI is InChI=1S/C12H10F3NS/c1-7-2-9(6-17-7)8-3-10(12(13,14)15)5-11(16)4-8/h2-6H,16H2,1H3. The molecule has 1 nitrogen and oxygen atoms in total. The highest BCUT2D eigenvalue weighted by Crippen LogP contribution is 2.35. The topological polar surface area (TPSA) is 26.0 Å². The number of anilines is 1. The van der Waals surface area contributed by atoms with Gasteiger partial charge in [0.2, 0.25) is 0 Å². The molecule has 5 heteroatoms. The summed E-state index contributed by atoms with van der Waals surface area (Å²) in [6, 6.07) is 5.47. The summed E-state index contributed by atoms with van der Waals surface area (Å²) in [5.41, 5.74) is 6.19. The molecule has 0 fully saturated rings. The van der Waals surface area contributed by atoms with Crippen molar-refractivity contribution in [2.24, 2.45) is 0 Å². The number of thiophene rings is 1. The van der Waals surface area contributed by atoms with Crippen LogP contribution in [0.3, 0.4) is 0 Å². The lowest BCUT2D eigenvalue weighted by Gasteiger charge is -2.09. The average molecular weight is 257 g/mol. The predicted octanol–water partition coefficient (Wildman–Crippen LogP) is 4.32. The molecule has 1 heterocycles. The SMILES string of the molecule is Cc1cc(-c2cc(N)cc(C(F)(F)F)c2)cs1. The van der Waals surface area contributed by atoms with Crippen molar-refractivity contribution in [2.75, 3.05) is 5.73 Å². The fourth-order valence-electron chi connectivity index (χ4n) is 1.58. The summed E-state index contributed by atoms with van der Waals surface area (Å²) in [4.78, 5) is 1.05. The Morgan fingerprint density at radius 3 is 2.29 bits per heavy atom. The Labute approximate surface area is 101 Å². The molecule has 2 aromatic rings. The van der Waals surface area contributed by atoms with E-state index in [1.807, 2.05) is 18.4 Å². The minimum absolute atomic E-state index is 0.124. The molecule has 0 spiro atoms. The van der Waals surface area contributed by atoms with Gasteiger partial charge in [0.15, 0.2) is 0 Å². The van der Waals surface area contributed by atoms with Crippen LogP contribution in [0.25, 0.3) is 11.1 Å². The lowest BCUT2D eigenvalue weighted by Crippen LogP contribution is -2.05. The molecule has 0 amide bonds. The Bertz CT molecular complexity index is 543. The first kappa shape index (κ1) is 12.0. The van der Waals surface area contributed by atoms with Crippen molar-refractivity contribution >= 4 is 17.0 Å². The Hall–Kier alpha value is -1.49. The first-order chi connectivity index (χ1) is 7.86. The summed E-state index contributed by atoms with van der Waals surface area (Å²) in [7, 11) is 0. The highest BCUT2D eigenvalue weighted by Gasteiger charge is 2.31. The smallest absolute Gasteiger partial charge is 0.399 e. The van der Waals surface area contributed by atoms with Crippen molar-refractivity contribution < 1.29 is 13.2 Å². The summed E-state index contributed by atoms with van der Waals surface area (Å²) in [5, 5.41) is 1.82. The Morgan fingerprint density at radius 1 is 1.06 bits per heavy atom. The number of halogens is 3. The van der Waals surface area contributed by atoms with Gasteiger partial charge in [0, 0.05) is 10.6 Å². The molecule has 0 saturated carbocycles. The maximum atomic E-state index is 12.6. The number of nitrogens with two attached hydrogens (primary N) is 1. The zero-order valence-corrected chi connectivity index (χ0v) is 9.82. The van der Waals surface area contributed by atoms with Gasteiger partial charge in [0.25, 0.3) is 0 Å². The monoisotopic (exact) mass is 257 g/mol. The maximum absolute atomic E-state index is 12.6. The molecule has 0 aliphatic heterocycles. The van der Waals surface area contributed by atoms with Crippen molar-refractivity contribution in [3.8, 4) is 11.1 Å². The number of hydrogen-bond donors (Lipinski definition) is 1. The van der Waals surface area contributed by atoms with E-state index in [9.17, 15) is 13.2 Å². The number of nitrogen functional groups attached to an aromatic ring is 1. The molecular formula is C12H10F3NS. The van der Waals surface area contributed by atoms with E-state index in [-0.39, 0.29) is 5.69 Å². The third-order valence-corrected chi connectivity index (χ3v) is 3.21. The Balaban J connectivity index is 2.52. The van der Waals surface area contributed by atoms with Crippen molar-refractivity contribution in [2.45, 2.75) is 13.1 Å². The van der Waals surface area contributed by atoms with Crippen LogP contribution in [-0.4, -0.2) is 0 Å². The second kappa shape index (κ2) is 4.07. The number of rotatable bonds is 1. The van der Waals surface area contributed by atoms with Crippen LogP contribution in [0.4, 0.5) is 18.9 Å². The van der Waals surface area contributed by atoms with E-state index in [1.54, 1.807) is 6.07 Å². The van der Waals surface area contributed by atoms with Crippen LogP contribution >= 0.6 is 11.3 Å². The molecule has 1 aromatic heterocycles. The minimum Gasteiger partial charge on any atom is -0.399 e. The average Bonchev–Trinajstić information content (AvgIpc) is 2.62. The summed E-state index contributed by atoms with van der Waals surface area (Å²) in [6.07, 6.45) is -4.37. The second-order valence-electron chi connectivity index (χ2n) is 3.79. The van der Waals surface area contributed by atoms with Crippen molar-refractivity contribution in [1.29, 1.82) is 0 Å². The van der Waals surface area contributed by atoms with E-state index in [0.29, 0.717) is 5.56 Å². The highest BCUT2D eigenvalue weighted by atomic mass is 32.1. The van der Waals surface area contributed by atoms with Crippen molar-refractivity contribution in [3.05, 3.63) is 40.1 Å². The van der Waals surface area contributed by atoms with Gasteiger partial charge in [-0.05, 0) is 47.7 Å². The largest absolute Gasteiger partial charge is 0.416 e. The molecule has 0 aliphatic carbocycles. The summed E-state index contributed by atoms with van der Waals surface area (Å²) in [6.45, 7) is 1.91. The van der Waals surface area contributed by atoms with E-state index in [4.69, 9.17) is 5.73 Å². The minimum atomic E-state index is -4.37. The highest BCUT2D eigenvalue weighted by molar-refractivity contribution is 7.10. The summed E-state index contributed by atoms with van der Waals surface area (Å²) < 4.78 is 37.8. The molecule has 0 unspecified atom stereocenters. The lowest BCUT2D eigenvalue weighted by molar-refractivity contribution is -0.137. The van der Waals surface area contributed by atoms with Crippen LogP contribution in [0.1, 0.15) is 10.4 Å². The van der Waals surface area contributed by atoms with Gasteiger partial charge in [-0.25, -0.2) is 0 Å². The first-order valence-electron chi connectivity index (χ1n) is 4.89. The maximum Gasteiger partial charge on any atom is 0.416 e. The van der Waals surface area contributed by atoms with E-state index < -0.39 is 11.7 Å². The van der Waals surface area contributed by atoms with Crippen LogP contribution in [0.15, 0.2) is 29.6 Å². The van der Waals surface area contributed by atoms with E-state index in [2.05, 4.69) is 0 Å². The van der Waals surface area contributed by atoms with Crippen molar-refractivity contribution in [1.82, 2.24) is 0 Å². The molecular weight excluding hydrogens is 247 g/mol. The van der Waals surface area contributed by atoms with Gasteiger partial charge >= 0.3 is 6.18 Å². The fourth-order valence-corrected chi connectivity index (χ4v) is 2.29. The van der Waals surface area contributed by atoms with Crippen molar-refractivity contribution in [3.63, 3.8) is 0 Å². The third-order valence-electron chi connectivity index (χ3n) is 2.35. The Kier molecular flexibility index (Phi) is 2.87. The molecule has 0 aliphatic rings. The predicted molar refractivity (Wildman–Crippen MR) is 63.9 cm³/mol. The van der Waals surface area contributed by atoms with E-state index in [0.717, 1.165) is 22.6 Å². The molecule has 17 heavy (non-hydrogen) atoms. The van der Waals surface area contributed by atoms with E-state index >= 15 is 0 Å². The molecule has 2 N–H and O–H groups in total. The lowest BCUT2D eigenvalue weighted by atomic mass is 10.0. The number of benzene rings is 1. The normalized spacial score (nSPS) is 11.8. The fraction of sp³-hybridized carbons (Fsp3) is 0.167. The zero-order valence-electron chi connectivity index (χ0n) is 9.01. The van der Waals surface area contributed by atoms with Crippen LogP contribution in [0.5, 0.6) is 0 Å². The second-order valence-corrected chi connectivity index (χ2v) is 4.90. The summed E-state index contributed by atoms with van der Waals surface area (Å²) >= 11 is 1.50. The van der Waals surface area contributed by atoms with Crippen LogP contribution < -0.4 is 5.73 Å². The van der Waals surface area contributed by atoms with Gasteiger partial charge in [-0.3, -0.25) is 0 Å². The number of alkyl halides is 3. The Morgan fingerprint density at radius 2 is 1.76 bits per heavy atom. The van der Waals surface area contributed by atoms with Crippen LogP contribution in [-0.2, 0) is 6.18 Å². The molecule has 90 valence electrons. The molecule has 0 radical (unpaired) electrons. The molecule has 1 aromatic carbocycles. The quantitative estimate of drug-likeness (QED) is 0.756. The number of hydrogen-bond acceptors (Lipinski definition) is 2. The van der Waals surface area contributed by atoms with Gasteiger partial charge in [0.05, 0.1) is 5.56 Å². The molecule has 0 saturated heterocycles. The first-order valence-corrected chi connectivity index (χ1v) is 5.77. The van der Waals surface area contributed by atoms with Gasteiger partial charge in [-0.15, -0.1) is 11.3 Å². The molecule has 2 rings (SSSR count). The third kappa shape index (κ3) is 2.61.